The predicted molar refractivity (Wildman–Crippen MR) is 81.7 cm³/mol. The molecule has 5 heteroatoms. The summed E-state index contributed by atoms with van der Waals surface area (Å²) in [6.07, 6.45) is 4.37. The lowest BCUT2D eigenvalue weighted by atomic mass is 9.94. The van der Waals surface area contributed by atoms with Gasteiger partial charge in [-0.1, -0.05) is 6.07 Å². The average molecular weight is 291 g/mol. The first-order valence-electron chi connectivity index (χ1n) is 7.38. The predicted octanol–water partition coefficient (Wildman–Crippen LogP) is 1.63. The minimum atomic E-state index is -0.257. The second kappa shape index (κ2) is 6.12. The molecule has 21 heavy (non-hydrogen) atoms. The van der Waals surface area contributed by atoms with Gasteiger partial charge in [-0.2, -0.15) is 0 Å². The highest BCUT2D eigenvalue weighted by molar-refractivity contribution is 5.78. The molecule has 1 atom stereocenters. The SMILES string of the molecule is CC1(C)CC(NCC(=O)NCc2cccnc2)C(C)(C)O1. The average Bonchev–Trinajstić information content (AvgIpc) is 2.62. The number of aromatic nitrogens is 1. The first kappa shape index (κ1) is 15.9. The zero-order valence-corrected chi connectivity index (χ0v) is 13.3. The summed E-state index contributed by atoms with van der Waals surface area (Å²) in [7, 11) is 0. The minimum Gasteiger partial charge on any atom is -0.368 e. The zero-order valence-electron chi connectivity index (χ0n) is 13.3. The Bertz CT molecular complexity index is 486. The van der Waals surface area contributed by atoms with Crippen molar-refractivity contribution in [2.75, 3.05) is 6.54 Å². The summed E-state index contributed by atoms with van der Waals surface area (Å²) in [6.45, 7) is 9.09. The van der Waals surface area contributed by atoms with Gasteiger partial charge in [0.1, 0.15) is 0 Å². The van der Waals surface area contributed by atoms with Crippen LogP contribution in [0, 0.1) is 0 Å². The molecule has 2 heterocycles. The molecule has 1 aliphatic rings. The molecule has 2 N–H and O–H groups in total. The van der Waals surface area contributed by atoms with Gasteiger partial charge in [0.05, 0.1) is 17.7 Å². The number of ether oxygens (including phenoxy) is 1. The van der Waals surface area contributed by atoms with Gasteiger partial charge >= 0.3 is 0 Å². The molecule has 116 valence electrons. The van der Waals surface area contributed by atoms with E-state index in [4.69, 9.17) is 4.74 Å². The molecule has 1 aromatic heterocycles. The van der Waals surface area contributed by atoms with Crippen molar-refractivity contribution in [2.24, 2.45) is 0 Å². The number of carbonyl (C=O) groups excluding carboxylic acids is 1. The van der Waals surface area contributed by atoms with E-state index >= 15 is 0 Å². The molecule has 1 amide bonds. The van der Waals surface area contributed by atoms with E-state index < -0.39 is 0 Å². The van der Waals surface area contributed by atoms with Crippen LogP contribution in [-0.2, 0) is 16.1 Å². The van der Waals surface area contributed by atoms with Crippen molar-refractivity contribution in [1.82, 2.24) is 15.6 Å². The van der Waals surface area contributed by atoms with Crippen LogP contribution in [0.5, 0.6) is 0 Å². The fourth-order valence-corrected chi connectivity index (χ4v) is 2.86. The van der Waals surface area contributed by atoms with E-state index in [-0.39, 0.29) is 23.2 Å². The van der Waals surface area contributed by atoms with E-state index in [0.29, 0.717) is 13.1 Å². The third-order valence-corrected chi connectivity index (χ3v) is 3.80. The molecule has 1 saturated heterocycles. The molecular weight excluding hydrogens is 266 g/mol. The van der Waals surface area contributed by atoms with Gasteiger partial charge < -0.3 is 15.4 Å². The number of amides is 1. The van der Waals surface area contributed by atoms with E-state index in [1.165, 1.54) is 0 Å². The highest BCUT2D eigenvalue weighted by Gasteiger charge is 2.45. The van der Waals surface area contributed by atoms with E-state index in [1.54, 1.807) is 12.4 Å². The minimum absolute atomic E-state index is 0.0145. The van der Waals surface area contributed by atoms with Crippen LogP contribution in [0.15, 0.2) is 24.5 Å². The molecule has 0 radical (unpaired) electrons. The van der Waals surface area contributed by atoms with Crippen molar-refractivity contribution in [3.05, 3.63) is 30.1 Å². The van der Waals surface area contributed by atoms with Crippen LogP contribution in [0.2, 0.25) is 0 Å². The number of hydrogen-bond donors (Lipinski definition) is 2. The third-order valence-electron chi connectivity index (χ3n) is 3.80. The van der Waals surface area contributed by atoms with Gasteiger partial charge in [-0.15, -0.1) is 0 Å². The van der Waals surface area contributed by atoms with Crippen LogP contribution in [0.1, 0.15) is 39.7 Å². The van der Waals surface area contributed by atoms with Crippen molar-refractivity contribution in [1.29, 1.82) is 0 Å². The lowest BCUT2D eigenvalue weighted by molar-refractivity contribution is -0.120. The molecule has 5 nitrogen and oxygen atoms in total. The molecule has 1 aliphatic heterocycles. The first-order chi connectivity index (χ1) is 9.78. The van der Waals surface area contributed by atoms with E-state index in [2.05, 4.69) is 43.3 Å². The number of hydrogen-bond acceptors (Lipinski definition) is 4. The lowest BCUT2D eigenvalue weighted by Crippen LogP contribution is -2.47. The maximum atomic E-state index is 11.9. The molecule has 1 aromatic rings. The van der Waals surface area contributed by atoms with Gasteiger partial charge in [0.15, 0.2) is 0 Å². The first-order valence-corrected chi connectivity index (χ1v) is 7.38. The Labute approximate surface area is 126 Å². The maximum Gasteiger partial charge on any atom is 0.234 e. The topological polar surface area (TPSA) is 63.2 Å². The molecule has 0 bridgehead atoms. The van der Waals surface area contributed by atoms with Crippen molar-refractivity contribution in [3.63, 3.8) is 0 Å². The molecule has 1 fully saturated rings. The Morgan fingerprint density at radius 1 is 1.43 bits per heavy atom. The molecular formula is C16H25N3O2. The Morgan fingerprint density at radius 2 is 2.19 bits per heavy atom. The molecule has 2 rings (SSSR count). The van der Waals surface area contributed by atoms with Crippen LogP contribution in [-0.4, -0.2) is 34.7 Å². The molecule has 0 saturated carbocycles. The van der Waals surface area contributed by atoms with Gasteiger partial charge in [0.25, 0.3) is 0 Å². The van der Waals surface area contributed by atoms with E-state index in [0.717, 1.165) is 12.0 Å². The zero-order chi connectivity index (χ0) is 15.5. The van der Waals surface area contributed by atoms with Gasteiger partial charge in [0, 0.05) is 25.0 Å². The summed E-state index contributed by atoms with van der Waals surface area (Å²) in [5.74, 6) is -0.0145. The Kier molecular flexibility index (Phi) is 4.64. The summed E-state index contributed by atoms with van der Waals surface area (Å²) in [4.78, 5) is 15.9. The van der Waals surface area contributed by atoms with E-state index in [9.17, 15) is 4.79 Å². The van der Waals surface area contributed by atoms with E-state index in [1.807, 2.05) is 12.1 Å². The Hall–Kier alpha value is -1.46. The maximum absolute atomic E-state index is 11.9. The second-order valence-corrected chi connectivity index (χ2v) is 6.74. The largest absolute Gasteiger partial charge is 0.368 e. The van der Waals surface area contributed by atoms with Crippen molar-refractivity contribution in [3.8, 4) is 0 Å². The molecule has 0 aliphatic carbocycles. The Morgan fingerprint density at radius 3 is 2.76 bits per heavy atom. The van der Waals surface area contributed by atoms with Crippen LogP contribution in [0.4, 0.5) is 0 Å². The number of rotatable bonds is 5. The van der Waals surface area contributed by atoms with Crippen molar-refractivity contribution < 1.29 is 9.53 Å². The summed E-state index contributed by atoms with van der Waals surface area (Å²) in [5, 5.41) is 6.20. The molecule has 1 unspecified atom stereocenters. The standard InChI is InChI=1S/C16H25N3O2/c1-15(2)8-13(16(3,4)21-15)18-11-14(20)19-10-12-6-5-7-17-9-12/h5-7,9,13,18H,8,10-11H2,1-4H3,(H,19,20). The summed E-state index contributed by atoms with van der Waals surface area (Å²) in [6, 6.07) is 3.98. The monoisotopic (exact) mass is 291 g/mol. The van der Waals surface area contributed by atoms with Crippen molar-refractivity contribution in [2.45, 2.75) is 57.9 Å². The quantitative estimate of drug-likeness (QED) is 0.865. The van der Waals surface area contributed by atoms with Crippen LogP contribution < -0.4 is 10.6 Å². The van der Waals surface area contributed by atoms with Gasteiger partial charge in [-0.25, -0.2) is 0 Å². The normalized spacial score (nSPS) is 23.0. The summed E-state index contributed by atoms with van der Waals surface area (Å²) < 4.78 is 6.01. The van der Waals surface area contributed by atoms with Gasteiger partial charge in [0.2, 0.25) is 5.91 Å². The fraction of sp³-hybridized carbons (Fsp3) is 0.625. The highest BCUT2D eigenvalue weighted by Crippen LogP contribution is 2.36. The fourth-order valence-electron chi connectivity index (χ4n) is 2.86. The lowest BCUT2D eigenvalue weighted by Gasteiger charge is -2.27. The van der Waals surface area contributed by atoms with Crippen molar-refractivity contribution >= 4 is 5.91 Å². The second-order valence-electron chi connectivity index (χ2n) is 6.74. The summed E-state index contributed by atoms with van der Waals surface area (Å²) >= 11 is 0. The number of carbonyl (C=O) groups is 1. The van der Waals surface area contributed by atoms with Gasteiger partial charge in [-0.3, -0.25) is 9.78 Å². The molecule has 0 spiro atoms. The van der Waals surface area contributed by atoms with Crippen LogP contribution in [0.25, 0.3) is 0 Å². The number of pyridine rings is 1. The highest BCUT2D eigenvalue weighted by atomic mass is 16.5. The number of nitrogens with zero attached hydrogens (tertiary/aromatic N) is 1. The Balaban J connectivity index is 1.77. The van der Waals surface area contributed by atoms with Gasteiger partial charge in [-0.05, 0) is 45.7 Å². The third kappa shape index (κ3) is 4.51. The van der Waals surface area contributed by atoms with Crippen LogP contribution in [0.3, 0.4) is 0 Å². The summed E-state index contributed by atoms with van der Waals surface area (Å²) in [5.41, 5.74) is 0.594. The number of nitrogens with one attached hydrogen (secondary N) is 2. The van der Waals surface area contributed by atoms with Crippen LogP contribution >= 0.6 is 0 Å². The smallest absolute Gasteiger partial charge is 0.234 e. The molecule has 0 aromatic carbocycles.